The number of nitrogens with one attached hydrogen (secondary N) is 1. The Kier molecular flexibility index (Phi) is 6.06. The number of rotatable bonds is 7. The molecular formula is C22H20N4O3S2. The average Bonchev–Trinajstić information content (AvgIpc) is 3.34. The Labute approximate surface area is 187 Å². The third-order valence-corrected chi connectivity index (χ3v) is 6.69. The summed E-state index contributed by atoms with van der Waals surface area (Å²) < 4.78 is 5.37. The predicted octanol–water partition coefficient (Wildman–Crippen LogP) is 4.79. The van der Waals surface area contributed by atoms with Crippen LogP contribution in [0.15, 0.2) is 51.9 Å². The van der Waals surface area contributed by atoms with Gasteiger partial charge in [-0.25, -0.2) is 4.98 Å². The third-order valence-electron chi connectivity index (χ3n) is 4.60. The number of pyridine rings is 1. The summed E-state index contributed by atoms with van der Waals surface area (Å²) in [6.07, 6.45) is 0.265. The molecule has 0 atom stereocenters. The van der Waals surface area contributed by atoms with Crippen LogP contribution in [0.1, 0.15) is 27.3 Å². The lowest BCUT2D eigenvalue weighted by atomic mass is 10.1. The molecule has 31 heavy (non-hydrogen) atoms. The van der Waals surface area contributed by atoms with Crippen LogP contribution < -0.4 is 11.1 Å². The Bertz CT molecular complexity index is 1280. The number of aromatic nitrogens is 2. The van der Waals surface area contributed by atoms with Gasteiger partial charge in [-0.05, 0) is 44.2 Å². The standard InChI is InChI=1S/C22H20N4O3S2/c1-12-7-8-18(31-12)16-11-14(20-13(2)26-29-22(20)25-16)21(28)24-15-5-3-4-6-17(15)30-10-9-19(23)27/h3-8,11H,9-10H2,1-2H3,(H2,23,27)(H,24,28). The molecule has 0 aliphatic carbocycles. The zero-order valence-corrected chi connectivity index (χ0v) is 18.6. The predicted molar refractivity (Wildman–Crippen MR) is 124 cm³/mol. The molecule has 7 nitrogen and oxygen atoms in total. The first kappa shape index (κ1) is 21.1. The van der Waals surface area contributed by atoms with Crippen molar-refractivity contribution in [3.05, 3.63) is 58.6 Å². The molecule has 4 rings (SSSR count). The highest BCUT2D eigenvalue weighted by Crippen LogP contribution is 2.32. The van der Waals surface area contributed by atoms with E-state index >= 15 is 0 Å². The SMILES string of the molecule is Cc1ccc(-c2cc(C(=O)Nc3ccccc3SCCC(N)=O)c3c(C)noc3n2)s1. The lowest BCUT2D eigenvalue weighted by Gasteiger charge is -2.11. The van der Waals surface area contributed by atoms with Crippen molar-refractivity contribution in [2.75, 3.05) is 11.1 Å². The topological polar surface area (TPSA) is 111 Å². The second-order valence-electron chi connectivity index (χ2n) is 6.93. The Balaban J connectivity index is 1.68. The zero-order valence-electron chi connectivity index (χ0n) is 17.0. The average molecular weight is 453 g/mol. The molecule has 0 aliphatic heterocycles. The van der Waals surface area contributed by atoms with Crippen molar-refractivity contribution in [2.45, 2.75) is 25.2 Å². The number of fused-ring (bicyclic) bond motifs is 1. The Hall–Kier alpha value is -3.17. The number of nitrogens with zero attached hydrogens (tertiary/aromatic N) is 2. The van der Waals surface area contributed by atoms with Gasteiger partial charge in [0.1, 0.15) is 0 Å². The van der Waals surface area contributed by atoms with E-state index in [2.05, 4.69) is 15.5 Å². The highest BCUT2D eigenvalue weighted by atomic mass is 32.2. The van der Waals surface area contributed by atoms with Gasteiger partial charge in [0.15, 0.2) is 0 Å². The molecule has 0 saturated carbocycles. The van der Waals surface area contributed by atoms with Gasteiger partial charge in [0, 0.05) is 21.9 Å². The van der Waals surface area contributed by atoms with Gasteiger partial charge >= 0.3 is 0 Å². The van der Waals surface area contributed by atoms with Crippen LogP contribution in [0.2, 0.25) is 0 Å². The lowest BCUT2D eigenvalue weighted by molar-refractivity contribution is -0.117. The van der Waals surface area contributed by atoms with Gasteiger partial charge in [0.2, 0.25) is 5.91 Å². The number of carbonyl (C=O) groups is 2. The maximum absolute atomic E-state index is 13.3. The number of nitrogens with two attached hydrogens (primary N) is 1. The van der Waals surface area contributed by atoms with E-state index in [4.69, 9.17) is 10.3 Å². The van der Waals surface area contributed by atoms with Crippen LogP contribution in [0.3, 0.4) is 0 Å². The van der Waals surface area contributed by atoms with Crippen LogP contribution in [0, 0.1) is 13.8 Å². The van der Waals surface area contributed by atoms with E-state index in [0.717, 1.165) is 14.6 Å². The maximum atomic E-state index is 13.3. The molecule has 0 radical (unpaired) electrons. The van der Waals surface area contributed by atoms with Gasteiger partial charge in [-0.15, -0.1) is 23.1 Å². The monoisotopic (exact) mass is 452 g/mol. The number of carbonyl (C=O) groups excluding carboxylic acids is 2. The summed E-state index contributed by atoms with van der Waals surface area (Å²) in [4.78, 5) is 31.9. The minimum Gasteiger partial charge on any atom is -0.370 e. The summed E-state index contributed by atoms with van der Waals surface area (Å²) in [5, 5.41) is 7.58. The van der Waals surface area contributed by atoms with Crippen LogP contribution in [0.4, 0.5) is 5.69 Å². The molecule has 158 valence electrons. The van der Waals surface area contributed by atoms with Gasteiger partial charge < -0.3 is 15.6 Å². The second kappa shape index (κ2) is 8.91. The lowest BCUT2D eigenvalue weighted by Crippen LogP contribution is -2.14. The van der Waals surface area contributed by atoms with Crippen molar-refractivity contribution in [2.24, 2.45) is 5.73 Å². The highest BCUT2D eigenvalue weighted by molar-refractivity contribution is 7.99. The van der Waals surface area contributed by atoms with Gasteiger partial charge in [0.25, 0.3) is 11.6 Å². The Morgan fingerprint density at radius 2 is 2.00 bits per heavy atom. The summed E-state index contributed by atoms with van der Waals surface area (Å²) in [7, 11) is 0. The fourth-order valence-corrected chi connectivity index (χ4v) is 4.92. The normalized spacial score (nSPS) is 11.0. The van der Waals surface area contributed by atoms with Crippen molar-refractivity contribution in [1.82, 2.24) is 10.1 Å². The summed E-state index contributed by atoms with van der Waals surface area (Å²) in [6.45, 7) is 3.80. The molecule has 1 aromatic carbocycles. The fraction of sp³-hybridized carbons (Fsp3) is 0.182. The number of benzene rings is 1. The van der Waals surface area contributed by atoms with Gasteiger partial charge in [0.05, 0.1) is 32.9 Å². The highest BCUT2D eigenvalue weighted by Gasteiger charge is 2.20. The molecule has 3 aromatic heterocycles. The second-order valence-corrected chi connectivity index (χ2v) is 9.35. The Morgan fingerprint density at radius 3 is 2.74 bits per heavy atom. The van der Waals surface area contributed by atoms with Crippen LogP contribution in [-0.4, -0.2) is 27.7 Å². The van der Waals surface area contributed by atoms with Crippen molar-refractivity contribution in [3.63, 3.8) is 0 Å². The van der Waals surface area contributed by atoms with Crippen LogP contribution in [-0.2, 0) is 4.79 Å². The van der Waals surface area contributed by atoms with E-state index in [9.17, 15) is 9.59 Å². The van der Waals surface area contributed by atoms with Crippen molar-refractivity contribution >= 4 is 51.7 Å². The number of amides is 2. The van der Waals surface area contributed by atoms with Crippen LogP contribution in [0.5, 0.6) is 0 Å². The number of anilines is 1. The number of hydrogen-bond acceptors (Lipinski definition) is 7. The minimum atomic E-state index is -0.354. The quantitative estimate of drug-likeness (QED) is 0.390. The summed E-state index contributed by atoms with van der Waals surface area (Å²) in [6, 6.07) is 13.2. The molecule has 9 heteroatoms. The molecule has 2 amide bonds. The van der Waals surface area contributed by atoms with Gasteiger partial charge in [-0.3, -0.25) is 9.59 Å². The number of aryl methyl sites for hydroxylation is 2. The number of thiophene rings is 1. The molecule has 3 N–H and O–H groups in total. The number of hydrogen-bond donors (Lipinski definition) is 2. The smallest absolute Gasteiger partial charge is 0.259 e. The van der Waals surface area contributed by atoms with E-state index in [1.54, 1.807) is 24.3 Å². The molecule has 0 fully saturated rings. The number of primary amides is 1. The van der Waals surface area contributed by atoms with E-state index < -0.39 is 0 Å². The molecule has 0 bridgehead atoms. The van der Waals surface area contributed by atoms with Crippen molar-refractivity contribution in [1.29, 1.82) is 0 Å². The summed E-state index contributed by atoms with van der Waals surface area (Å²) >= 11 is 3.06. The van der Waals surface area contributed by atoms with E-state index in [-0.39, 0.29) is 18.2 Å². The van der Waals surface area contributed by atoms with E-state index in [0.29, 0.717) is 39.5 Å². The first-order valence-electron chi connectivity index (χ1n) is 9.57. The molecule has 0 aliphatic rings. The Morgan fingerprint density at radius 1 is 1.19 bits per heavy atom. The third kappa shape index (κ3) is 4.62. The molecular weight excluding hydrogens is 432 g/mol. The molecule has 0 saturated heterocycles. The van der Waals surface area contributed by atoms with Crippen LogP contribution in [0.25, 0.3) is 21.7 Å². The largest absolute Gasteiger partial charge is 0.370 e. The van der Waals surface area contributed by atoms with E-state index in [1.807, 2.05) is 43.3 Å². The summed E-state index contributed by atoms with van der Waals surface area (Å²) in [5.41, 5.74) is 7.93. The first-order valence-corrected chi connectivity index (χ1v) is 11.4. The van der Waals surface area contributed by atoms with Crippen LogP contribution >= 0.6 is 23.1 Å². The number of thioether (sulfide) groups is 1. The zero-order chi connectivity index (χ0) is 22.0. The maximum Gasteiger partial charge on any atom is 0.259 e. The van der Waals surface area contributed by atoms with E-state index in [1.165, 1.54) is 11.8 Å². The van der Waals surface area contributed by atoms with Crippen molar-refractivity contribution < 1.29 is 14.1 Å². The molecule has 3 heterocycles. The fourth-order valence-electron chi connectivity index (χ4n) is 3.12. The number of para-hydroxylation sites is 1. The van der Waals surface area contributed by atoms with Crippen molar-refractivity contribution in [3.8, 4) is 10.6 Å². The molecule has 0 unspecified atom stereocenters. The minimum absolute atomic E-state index is 0.265. The van der Waals surface area contributed by atoms with Gasteiger partial charge in [-0.2, -0.15) is 0 Å². The molecule has 0 spiro atoms. The first-order chi connectivity index (χ1) is 14.9. The molecule has 4 aromatic rings. The summed E-state index contributed by atoms with van der Waals surface area (Å²) in [5.74, 6) is -0.0994. The van der Waals surface area contributed by atoms with Gasteiger partial charge in [-0.1, -0.05) is 17.3 Å².